The summed E-state index contributed by atoms with van der Waals surface area (Å²) in [6.45, 7) is 2.25. The number of hydrogen-bond donors (Lipinski definition) is 1. The molecule has 1 heterocycles. The minimum Gasteiger partial charge on any atom is -0.390 e. The van der Waals surface area contributed by atoms with Crippen LogP contribution >= 0.6 is 11.6 Å². The van der Waals surface area contributed by atoms with Crippen LogP contribution in [0, 0.1) is 5.82 Å². The highest BCUT2D eigenvalue weighted by Gasteiger charge is 2.32. The van der Waals surface area contributed by atoms with Gasteiger partial charge in [-0.05, 0) is 44.4 Å². The zero-order chi connectivity index (χ0) is 15.0. The summed E-state index contributed by atoms with van der Waals surface area (Å²) in [6, 6.07) is 3.24. The van der Waals surface area contributed by atoms with Gasteiger partial charge in [0.1, 0.15) is 10.7 Å². The van der Waals surface area contributed by atoms with E-state index >= 15 is 0 Å². The third-order valence-corrected chi connectivity index (χ3v) is 5.92. The number of rotatable bonds is 2. The lowest BCUT2D eigenvalue weighted by atomic mass is 9.98. The molecular weight excluding hydrogens is 305 g/mol. The van der Waals surface area contributed by atoms with Gasteiger partial charge < -0.3 is 5.11 Å². The molecule has 4 nitrogen and oxygen atoms in total. The van der Waals surface area contributed by atoms with Gasteiger partial charge in [0.2, 0.25) is 10.0 Å². The molecule has 1 aromatic carbocycles. The van der Waals surface area contributed by atoms with Gasteiger partial charge in [-0.25, -0.2) is 12.8 Å². The zero-order valence-electron chi connectivity index (χ0n) is 11.1. The van der Waals surface area contributed by atoms with Crippen LogP contribution in [0.15, 0.2) is 23.1 Å². The SMILES string of the molecule is CC1(O)CCCN(S(=O)(=O)c2ccc(F)cc2Cl)CC1. The molecule has 20 heavy (non-hydrogen) atoms. The second-order valence-corrected chi connectivity index (χ2v) is 7.64. The van der Waals surface area contributed by atoms with Crippen LogP contribution in [-0.4, -0.2) is 36.5 Å². The van der Waals surface area contributed by atoms with E-state index in [9.17, 15) is 17.9 Å². The van der Waals surface area contributed by atoms with Crippen LogP contribution < -0.4 is 0 Å². The van der Waals surface area contributed by atoms with Crippen molar-refractivity contribution in [2.24, 2.45) is 0 Å². The Bertz CT molecular complexity index is 604. The van der Waals surface area contributed by atoms with Gasteiger partial charge in [-0.1, -0.05) is 11.6 Å². The fraction of sp³-hybridized carbons (Fsp3) is 0.538. The van der Waals surface area contributed by atoms with Gasteiger partial charge in [0, 0.05) is 13.1 Å². The molecule has 0 spiro atoms. The van der Waals surface area contributed by atoms with Crippen molar-refractivity contribution < 1.29 is 17.9 Å². The maximum absolute atomic E-state index is 13.0. The minimum absolute atomic E-state index is 0.0953. The third kappa shape index (κ3) is 3.31. The van der Waals surface area contributed by atoms with Crippen LogP contribution in [0.2, 0.25) is 5.02 Å². The number of nitrogens with zero attached hydrogens (tertiary/aromatic N) is 1. The van der Waals surface area contributed by atoms with Crippen molar-refractivity contribution in [3.05, 3.63) is 29.0 Å². The Hall–Kier alpha value is -0.690. The monoisotopic (exact) mass is 321 g/mol. The molecule has 1 fully saturated rings. The van der Waals surface area contributed by atoms with E-state index in [1.54, 1.807) is 6.92 Å². The van der Waals surface area contributed by atoms with Crippen LogP contribution in [0.4, 0.5) is 4.39 Å². The first kappa shape index (κ1) is 15.7. The second-order valence-electron chi connectivity index (χ2n) is 5.33. The Morgan fingerprint density at radius 1 is 1.35 bits per heavy atom. The quantitative estimate of drug-likeness (QED) is 0.910. The number of hydrogen-bond acceptors (Lipinski definition) is 3. The minimum atomic E-state index is -3.76. The first-order chi connectivity index (χ1) is 9.22. The highest BCUT2D eigenvalue weighted by Crippen LogP contribution is 2.29. The average Bonchev–Trinajstić information content (AvgIpc) is 2.50. The average molecular weight is 322 g/mol. The van der Waals surface area contributed by atoms with Crippen molar-refractivity contribution in [2.75, 3.05) is 13.1 Å². The van der Waals surface area contributed by atoms with Gasteiger partial charge in [0.25, 0.3) is 0 Å². The topological polar surface area (TPSA) is 57.6 Å². The molecule has 1 N–H and O–H groups in total. The number of aliphatic hydroxyl groups is 1. The summed E-state index contributed by atoms with van der Waals surface area (Å²) in [6.07, 6.45) is 1.49. The summed E-state index contributed by atoms with van der Waals surface area (Å²) in [4.78, 5) is -0.0953. The first-order valence-electron chi connectivity index (χ1n) is 6.40. The fourth-order valence-electron chi connectivity index (χ4n) is 2.30. The van der Waals surface area contributed by atoms with E-state index in [2.05, 4.69) is 0 Å². The molecule has 0 aliphatic carbocycles. The molecule has 112 valence electrons. The maximum atomic E-state index is 13.0. The summed E-state index contributed by atoms with van der Waals surface area (Å²) < 4.78 is 39.4. The van der Waals surface area contributed by atoms with E-state index in [1.165, 1.54) is 10.4 Å². The summed E-state index contributed by atoms with van der Waals surface area (Å²) in [5.74, 6) is -0.576. The molecule has 1 aromatic rings. The number of sulfonamides is 1. The van der Waals surface area contributed by atoms with Crippen LogP contribution in [0.5, 0.6) is 0 Å². The summed E-state index contributed by atoms with van der Waals surface area (Å²) in [7, 11) is -3.76. The van der Waals surface area contributed by atoms with Gasteiger partial charge in [-0.2, -0.15) is 4.31 Å². The van der Waals surface area contributed by atoms with Crippen LogP contribution in [-0.2, 0) is 10.0 Å². The Kier molecular flexibility index (Phi) is 4.39. The van der Waals surface area contributed by atoms with E-state index in [-0.39, 0.29) is 16.5 Å². The largest absolute Gasteiger partial charge is 0.390 e. The lowest BCUT2D eigenvalue weighted by molar-refractivity contribution is 0.0465. The summed E-state index contributed by atoms with van der Waals surface area (Å²) >= 11 is 5.83. The molecule has 0 radical (unpaired) electrons. The van der Waals surface area contributed by atoms with Crippen molar-refractivity contribution in [1.29, 1.82) is 0 Å². The molecule has 0 aromatic heterocycles. The lowest BCUT2D eigenvalue weighted by Crippen LogP contribution is -2.33. The van der Waals surface area contributed by atoms with E-state index in [0.29, 0.717) is 25.8 Å². The fourth-order valence-corrected chi connectivity index (χ4v) is 4.29. The predicted molar refractivity (Wildman–Crippen MR) is 74.6 cm³/mol. The van der Waals surface area contributed by atoms with E-state index in [4.69, 9.17) is 11.6 Å². The Labute approximate surface area is 123 Å². The van der Waals surface area contributed by atoms with E-state index in [0.717, 1.165) is 12.1 Å². The normalized spacial score (nSPS) is 25.4. The van der Waals surface area contributed by atoms with Gasteiger partial charge in [-0.3, -0.25) is 0 Å². The van der Waals surface area contributed by atoms with Crippen molar-refractivity contribution in [3.63, 3.8) is 0 Å². The van der Waals surface area contributed by atoms with Crippen LogP contribution in [0.1, 0.15) is 26.2 Å². The van der Waals surface area contributed by atoms with E-state index in [1.807, 2.05) is 0 Å². The summed E-state index contributed by atoms with van der Waals surface area (Å²) in [5.41, 5.74) is -0.850. The molecule has 1 atom stereocenters. The van der Waals surface area contributed by atoms with Gasteiger partial charge >= 0.3 is 0 Å². The van der Waals surface area contributed by atoms with Gasteiger partial charge in [0.15, 0.2) is 0 Å². The molecular formula is C13H17ClFNO3S. The van der Waals surface area contributed by atoms with Crippen molar-refractivity contribution in [3.8, 4) is 0 Å². The van der Waals surface area contributed by atoms with Crippen molar-refractivity contribution in [2.45, 2.75) is 36.7 Å². The zero-order valence-corrected chi connectivity index (χ0v) is 12.7. The molecule has 0 amide bonds. The first-order valence-corrected chi connectivity index (χ1v) is 8.22. The molecule has 1 saturated heterocycles. The maximum Gasteiger partial charge on any atom is 0.244 e. The lowest BCUT2D eigenvalue weighted by Gasteiger charge is -2.22. The molecule has 0 bridgehead atoms. The summed E-state index contributed by atoms with van der Waals surface area (Å²) in [5, 5.41) is 9.88. The molecule has 2 rings (SSSR count). The predicted octanol–water partition coefficient (Wildman–Crippen LogP) is 2.40. The molecule has 1 aliphatic rings. The number of benzene rings is 1. The standard InChI is InChI=1S/C13H17ClFNO3S/c1-13(17)5-2-7-16(8-6-13)20(18,19)12-4-3-10(15)9-11(12)14/h3-4,9,17H,2,5-8H2,1H3. The Morgan fingerprint density at radius 2 is 2.05 bits per heavy atom. The van der Waals surface area contributed by atoms with Crippen LogP contribution in [0.3, 0.4) is 0 Å². The highest BCUT2D eigenvalue weighted by atomic mass is 35.5. The van der Waals surface area contributed by atoms with Gasteiger partial charge in [0.05, 0.1) is 10.6 Å². The number of halogens is 2. The third-order valence-electron chi connectivity index (χ3n) is 3.53. The second kappa shape index (κ2) is 5.60. The molecule has 7 heteroatoms. The van der Waals surface area contributed by atoms with Crippen molar-refractivity contribution >= 4 is 21.6 Å². The molecule has 1 aliphatic heterocycles. The van der Waals surface area contributed by atoms with Crippen molar-refractivity contribution in [1.82, 2.24) is 4.31 Å². The highest BCUT2D eigenvalue weighted by molar-refractivity contribution is 7.89. The Balaban J connectivity index is 2.30. The van der Waals surface area contributed by atoms with E-state index < -0.39 is 21.4 Å². The van der Waals surface area contributed by atoms with Gasteiger partial charge in [-0.15, -0.1) is 0 Å². The van der Waals surface area contributed by atoms with Crippen LogP contribution in [0.25, 0.3) is 0 Å². The Morgan fingerprint density at radius 3 is 2.70 bits per heavy atom. The molecule has 0 saturated carbocycles. The smallest absolute Gasteiger partial charge is 0.244 e. The molecule has 1 unspecified atom stereocenters.